The van der Waals surface area contributed by atoms with E-state index in [4.69, 9.17) is 10.3 Å². The van der Waals surface area contributed by atoms with Gasteiger partial charge in [-0.1, -0.05) is 17.3 Å². The minimum Gasteiger partial charge on any atom is -0.367 e. The highest BCUT2D eigenvalue weighted by atomic mass is 16.5. The summed E-state index contributed by atoms with van der Waals surface area (Å²) in [7, 11) is 0. The fourth-order valence-electron chi connectivity index (χ4n) is 1.60. The van der Waals surface area contributed by atoms with Gasteiger partial charge in [-0.3, -0.25) is 4.98 Å². The average Bonchev–Trinajstić information content (AvgIpc) is 2.61. The standard InChI is InChI=1S/C10H7N3O/c11-10-8-7(13-14-10)4-3-6-2-1-5-12-9(6)8/h1-5H,11H2. The SMILES string of the molecule is Nc1onc2ccc3cccnc3c12. The van der Waals surface area contributed by atoms with Gasteiger partial charge in [0, 0.05) is 11.6 Å². The molecule has 68 valence electrons. The Hall–Kier alpha value is -2.10. The summed E-state index contributed by atoms with van der Waals surface area (Å²) >= 11 is 0. The van der Waals surface area contributed by atoms with Crippen LogP contribution >= 0.6 is 0 Å². The van der Waals surface area contributed by atoms with Crippen molar-refractivity contribution in [3.8, 4) is 0 Å². The van der Waals surface area contributed by atoms with E-state index in [9.17, 15) is 0 Å². The summed E-state index contributed by atoms with van der Waals surface area (Å²) in [4.78, 5) is 4.26. The van der Waals surface area contributed by atoms with Gasteiger partial charge in [-0.15, -0.1) is 0 Å². The molecule has 0 aliphatic rings. The van der Waals surface area contributed by atoms with E-state index in [2.05, 4.69) is 10.1 Å². The Morgan fingerprint density at radius 3 is 3.07 bits per heavy atom. The second kappa shape index (κ2) is 2.45. The van der Waals surface area contributed by atoms with Crippen molar-refractivity contribution < 1.29 is 4.52 Å². The highest BCUT2D eigenvalue weighted by molar-refractivity contribution is 6.08. The van der Waals surface area contributed by atoms with Crippen molar-refractivity contribution in [3.63, 3.8) is 0 Å². The van der Waals surface area contributed by atoms with E-state index in [1.165, 1.54) is 0 Å². The zero-order valence-corrected chi connectivity index (χ0v) is 7.27. The fourth-order valence-corrected chi connectivity index (χ4v) is 1.60. The van der Waals surface area contributed by atoms with Crippen LogP contribution in [-0.2, 0) is 0 Å². The number of rotatable bonds is 0. The molecule has 0 atom stereocenters. The third-order valence-electron chi connectivity index (χ3n) is 2.24. The topological polar surface area (TPSA) is 64.9 Å². The van der Waals surface area contributed by atoms with E-state index in [1.54, 1.807) is 6.20 Å². The Morgan fingerprint density at radius 1 is 1.21 bits per heavy atom. The summed E-state index contributed by atoms with van der Waals surface area (Å²) in [5.74, 6) is 0.323. The molecule has 14 heavy (non-hydrogen) atoms. The maximum absolute atomic E-state index is 5.67. The van der Waals surface area contributed by atoms with E-state index in [1.807, 2.05) is 24.3 Å². The number of fused-ring (bicyclic) bond motifs is 3. The molecule has 3 aromatic rings. The Bertz CT molecular complexity index is 615. The van der Waals surface area contributed by atoms with Crippen LogP contribution in [-0.4, -0.2) is 10.1 Å². The van der Waals surface area contributed by atoms with Gasteiger partial charge < -0.3 is 10.3 Å². The molecule has 4 heteroatoms. The third-order valence-corrected chi connectivity index (χ3v) is 2.24. The smallest absolute Gasteiger partial charge is 0.232 e. The van der Waals surface area contributed by atoms with Gasteiger partial charge in [-0.2, -0.15) is 0 Å². The maximum atomic E-state index is 5.67. The molecule has 0 aliphatic carbocycles. The molecule has 0 aliphatic heterocycles. The van der Waals surface area contributed by atoms with Gasteiger partial charge in [-0.25, -0.2) is 0 Å². The van der Waals surface area contributed by atoms with Gasteiger partial charge in [0.05, 0.1) is 10.9 Å². The Morgan fingerprint density at radius 2 is 2.14 bits per heavy atom. The second-order valence-electron chi connectivity index (χ2n) is 3.08. The van der Waals surface area contributed by atoms with E-state index >= 15 is 0 Å². The van der Waals surface area contributed by atoms with Crippen molar-refractivity contribution in [2.24, 2.45) is 0 Å². The first-order valence-electron chi connectivity index (χ1n) is 4.25. The molecule has 0 bridgehead atoms. The summed E-state index contributed by atoms with van der Waals surface area (Å²) in [6.45, 7) is 0. The van der Waals surface area contributed by atoms with Crippen molar-refractivity contribution in [1.82, 2.24) is 10.1 Å². The Labute approximate surface area is 79.3 Å². The van der Waals surface area contributed by atoms with Crippen LogP contribution in [0.5, 0.6) is 0 Å². The van der Waals surface area contributed by atoms with Crippen LogP contribution < -0.4 is 5.73 Å². The van der Waals surface area contributed by atoms with Crippen LogP contribution in [0.3, 0.4) is 0 Å². The van der Waals surface area contributed by atoms with Gasteiger partial charge in [0.2, 0.25) is 5.88 Å². The molecule has 2 heterocycles. The minimum absolute atomic E-state index is 0.323. The van der Waals surface area contributed by atoms with Crippen molar-refractivity contribution in [2.75, 3.05) is 5.73 Å². The number of hydrogen-bond donors (Lipinski definition) is 1. The molecule has 0 saturated carbocycles. The first kappa shape index (κ1) is 7.32. The normalized spacial score (nSPS) is 11.1. The summed E-state index contributed by atoms with van der Waals surface area (Å²) in [5, 5.41) is 5.66. The first-order valence-corrected chi connectivity index (χ1v) is 4.25. The molecule has 0 fully saturated rings. The van der Waals surface area contributed by atoms with E-state index in [-0.39, 0.29) is 0 Å². The lowest BCUT2D eigenvalue weighted by atomic mass is 10.1. The number of aromatic nitrogens is 2. The molecule has 1 aromatic carbocycles. The molecule has 0 radical (unpaired) electrons. The predicted molar refractivity (Wildman–Crippen MR) is 53.7 cm³/mol. The largest absolute Gasteiger partial charge is 0.367 e. The number of nitrogens with zero attached hydrogens (tertiary/aromatic N) is 2. The van der Waals surface area contributed by atoms with E-state index in [0.717, 1.165) is 21.8 Å². The molecule has 4 nitrogen and oxygen atoms in total. The number of pyridine rings is 1. The third kappa shape index (κ3) is 0.821. The zero-order valence-electron chi connectivity index (χ0n) is 7.27. The number of nitrogens with two attached hydrogens (primary N) is 1. The number of anilines is 1. The van der Waals surface area contributed by atoms with Crippen LogP contribution in [0.4, 0.5) is 5.88 Å². The molecule has 2 aromatic heterocycles. The number of hydrogen-bond acceptors (Lipinski definition) is 4. The van der Waals surface area contributed by atoms with Crippen LogP contribution in [0, 0.1) is 0 Å². The molecule has 0 unspecified atom stereocenters. The van der Waals surface area contributed by atoms with Gasteiger partial charge in [0.1, 0.15) is 5.52 Å². The zero-order chi connectivity index (χ0) is 9.54. The molecule has 2 N–H and O–H groups in total. The molecule has 0 spiro atoms. The number of nitrogen functional groups attached to an aromatic ring is 1. The van der Waals surface area contributed by atoms with Crippen molar-refractivity contribution in [1.29, 1.82) is 0 Å². The van der Waals surface area contributed by atoms with Crippen LogP contribution in [0.25, 0.3) is 21.8 Å². The average molecular weight is 185 g/mol. The minimum atomic E-state index is 0.323. The van der Waals surface area contributed by atoms with E-state index < -0.39 is 0 Å². The fraction of sp³-hybridized carbons (Fsp3) is 0. The highest BCUT2D eigenvalue weighted by Crippen LogP contribution is 2.27. The number of benzene rings is 1. The summed E-state index contributed by atoms with van der Waals surface area (Å²) in [6, 6.07) is 7.69. The highest BCUT2D eigenvalue weighted by Gasteiger charge is 2.09. The predicted octanol–water partition coefficient (Wildman–Crippen LogP) is 1.96. The van der Waals surface area contributed by atoms with Gasteiger partial charge >= 0.3 is 0 Å². The maximum Gasteiger partial charge on any atom is 0.232 e. The lowest BCUT2D eigenvalue weighted by Gasteiger charge is -1.95. The molecule has 3 rings (SSSR count). The summed E-state index contributed by atoms with van der Waals surface area (Å²) in [6.07, 6.45) is 1.73. The van der Waals surface area contributed by atoms with Crippen molar-refractivity contribution >= 4 is 27.7 Å². The Balaban J connectivity index is 2.65. The quantitative estimate of drug-likeness (QED) is 0.581. The summed E-state index contributed by atoms with van der Waals surface area (Å²) in [5.41, 5.74) is 7.25. The molecular formula is C10H7N3O. The van der Waals surface area contributed by atoms with Crippen LogP contribution in [0.1, 0.15) is 0 Å². The second-order valence-corrected chi connectivity index (χ2v) is 3.08. The van der Waals surface area contributed by atoms with Gasteiger partial charge in [-0.05, 0) is 12.1 Å². The lowest BCUT2D eigenvalue weighted by Crippen LogP contribution is -1.84. The van der Waals surface area contributed by atoms with Gasteiger partial charge in [0.15, 0.2) is 0 Å². The molecule has 0 amide bonds. The van der Waals surface area contributed by atoms with Crippen LogP contribution in [0.15, 0.2) is 35.0 Å². The Kier molecular flexibility index (Phi) is 1.28. The molecular weight excluding hydrogens is 178 g/mol. The summed E-state index contributed by atoms with van der Waals surface area (Å²) < 4.78 is 4.91. The van der Waals surface area contributed by atoms with Crippen LogP contribution in [0.2, 0.25) is 0 Å². The first-order chi connectivity index (χ1) is 6.86. The van der Waals surface area contributed by atoms with E-state index in [0.29, 0.717) is 5.88 Å². The molecule has 0 saturated heterocycles. The van der Waals surface area contributed by atoms with Gasteiger partial charge in [0.25, 0.3) is 0 Å². The monoisotopic (exact) mass is 185 g/mol. The van der Waals surface area contributed by atoms with Crippen molar-refractivity contribution in [2.45, 2.75) is 0 Å². The lowest BCUT2D eigenvalue weighted by molar-refractivity contribution is 0.445. The van der Waals surface area contributed by atoms with Crippen molar-refractivity contribution in [3.05, 3.63) is 30.5 Å².